The summed E-state index contributed by atoms with van der Waals surface area (Å²) in [5, 5.41) is 10.8. The number of halogens is 1. The molecule has 0 spiro atoms. The monoisotopic (exact) mass is 332 g/mol. The Morgan fingerprint density at radius 2 is 2.00 bits per heavy atom. The number of hydrogen-bond acceptors (Lipinski definition) is 4. The fraction of sp³-hybridized carbons (Fsp3) is 0.235. The summed E-state index contributed by atoms with van der Waals surface area (Å²) in [6.45, 7) is 1.43. The summed E-state index contributed by atoms with van der Waals surface area (Å²) < 4.78 is 18.7. The van der Waals surface area contributed by atoms with Gasteiger partial charge in [0.1, 0.15) is 0 Å². The van der Waals surface area contributed by atoms with Crippen LogP contribution in [-0.4, -0.2) is 29.4 Å². The molecule has 24 heavy (non-hydrogen) atoms. The summed E-state index contributed by atoms with van der Waals surface area (Å²) in [4.78, 5) is 24.0. The number of rotatable bonds is 6. The molecule has 0 aliphatic rings. The molecule has 0 saturated heterocycles. The number of amides is 1. The summed E-state index contributed by atoms with van der Waals surface area (Å²) in [5.74, 6) is -0.904. The van der Waals surface area contributed by atoms with Crippen molar-refractivity contribution in [3.8, 4) is 5.75 Å². The van der Waals surface area contributed by atoms with Crippen molar-refractivity contribution < 1.29 is 18.8 Å². The molecule has 6 nitrogen and oxygen atoms in total. The molecule has 0 fully saturated rings. The molecule has 0 unspecified atom stereocenters. The lowest BCUT2D eigenvalue weighted by atomic mass is 10.1. The fourth-order valence-corrected chi connectivity index (χ4v) is 2.14. The van der Waals surface area contributed by atoms with E-state index in [1.165, 1.54) is 35.2 Å². The molecule has 0 aliphatic heterocycles. The van der Waals surface area contributed by atoms with E-state index in [9.17, 15) is 19.3 Å². The van der Waals surface area contributed by atoms with Crippen LogP contribution in [0, 0.1) is 15.9 Å². The second-order valence-electron chi connectivity index (χ2n) is 5.25. The zero-order valence-corrected chi connectivity index (χ0v) is 13.3. The predicted molar refractivity (Wildman–Crippen MR) is 86.2 cm³/mol. The molecule has 0 bridgehead atoms. The summed E-state index contributed by atoms with van der Waals surface area (Å²) in [6, 6.07) is 11.5. The number of likely N-dealkylation sites (N-methyl/N-ethyl adjacent to an activating group) is 1. The van der Waals surface area contributed by atoms with Gasteiger partial charge in [0.05, 0.1) is 11.0 Å². The van der Waals surface area contributed by atoms with E-state index in [-0.39, 0.29) is 30.0 Å². The molecule has 2 aromatic rings. The number of hydrogen-bond donors (Lipinski definition) is 0. The van der Waals surface area contributed by atoms with Crippen molar-refractivity contribution in [1.29, 1.82) is 0 Å². The average molecular weight is 332 g/mol. The van der Waals surface area contributed by atoms with Crippen LogP contribution in [0.3, 0.4) is 0 Å². The van der Waals surface area contributed by atoms with Gasteiger partial charge in [-0.1, -0.05) is 24.3 Å². The number of nitro groups is 1. The maximum atomic E-state index is 13.5. The molecule has 0 aromatic heterocycles. The largest absolute Gasteiger partial charge is 0.481 e. The van der Waals surface area contributed by atoms with Gasteiger partial charge >= 0.3 is 0 Å². The number of carbonyl (C=O) groups is 1. The van der Waals surface area contributed by atoms with Crippen LogP contribution in [0.5, 0.6) is 5.75 Å². The number of carbonyl (C=O) groups excluding carboxylic acids is 1. The Hall–Kier alpha value is -2.96. The van der Waals surface area contributed by atoms with E-state index in [0.717, 1.165) is 0 Å². The molecule has 0 heterocycles. The van der Waals surface area contributed by atoms with E-state index >= 15 is 0 Å². The predicted octanol–water partition coefficient (Wildman–Crippen LogP) is 3.33. The minimum atomic E-state index is -0.542. The van der Waals surface area contributed by atoms with Gasteiger partial charge < -0.3 is 9.64 Å². The van der Waals surface area contributed by atoms with Crippen LogP contribution in [0.25, 0.3) is 0 Å². The maximum absolute atomic E-state index is 13.5. The lowest BCUT2D eigenvalue weighted by molar-refractivity contribution is -0.384. The standard InChI is InChI=1S/C17H17FN2O4/c1-12(13-6-5-7-14(10-13)20(22)23)19(2)17(21)11-24-16-9-4-3-8-15(16)18/h3-10,12H,11H2,1-2H3/t12-/m0/s1. The lowest BCUT2D eigenvalue weighted by Crippen LogP contribution is -2.33. The number of non-ortho nitro benzene ring substituents is 1. The van der Waals surface area contributed by atoms with Crippen molar-refractivity contribution in [3.05, 3.63) is 70.0 Å². The first-order valence-electron chi connectivity index (χ1n) is 7.27. The highest BCUT2D eigenvalue weighted by Gasteiger charge is 2.20. The SMILES string of the molecule is C[C@@H](c1cccc([N+](=O)[O-])c1)N(C)C(=O)COc1ccccc1F. The van der Waals surface area contributed by atoms with E-state index in [1.807, 2.05) is 0 Å². The van der Waals surface area contributed by atoms with Crippen molar-refractivity contribution in [3.63, 3.8) is 0 Å². The first-order chi connectivity index (χ1) is 11.4. The molecule has 1 amide bonds. The topological polar surface area (TPSA) is 72.7 Å². The van der Waals surface area contributed by atoms with Crippen LogP contribution in [0.2, 0.25) is 0 Å². The second kappa shape index (κ2) is 7.54. The van der Waals surface area contributed by atoms with Crippen molar-refractivity contribution in [2.24, 2.45) is 0 Å². The first kappa shape index (κ1) is 17.4. The fourth-order valence-electron chi connectivity index (χ4n) is 2.14. The van der Waals surface area contributed by atoms with Gasteiger partial charge in [0, 0.05) is 19.2 Å². The normalized spacial score (nSPS) is 11.6. The Balaban J connectivity index is 2.03. The van der Waals surface area contributed by atoms with E-state index in [2.05, 4.69) is 0 Å². The summed E-state index contributed by atoms with van der Waals surface area (Å²) in [7, 11) is 1.57. The number of nitro benzene ring substituents is 1. The van der Waals surface area contributed by atoms with E-state index in [4.69, 9.17) is 4.74 Å². The quantitative estimate of drug-likeness (QED) is 0.601. The molecule has 126 valence electrons. The van der Waals surface area contributed by atoms with Gasteiger partial charge in [0.25, 0.3) is 11.6 Å². The van der Waals surface area contributed by atoms with Gasteiger partial charge in [-0.2, -0.15) is 0 Å². The van der Waals surface area contributed by atoms with Crippen molar-refractivity contribution in [1.82, 2.24) is 4.90 Å². The third kappa shape index (κ3) is 4.07. The third-order valence-electron chi connectivity index (χ3n) is 3.73. The van der Waals surface area contributed by atoms with Crippen molar-refractivity contribution in [2.45, 2.75) is 13.0 Å². The first-order valence-corrected chi connectivity index (χ1v) is 7.27. The lowest BCUT2D eigenvalue weighted by Gasteiger charge is -2.25. The minimum absolute atomic E-state index is 0.00209. The van der Waals surface area contributed by atoms with Crippen LogP contribution < -0.4 is 4.74 Å². The van der Waals surface area contributed by atoms with Gasteiger partial charge in [-0.25, -0.2) is 4.39 Å². The second-order valence-corrected chi connectivity index (χ2v) is 5.25. The van der Waals surface area contributed by atoms with Gasteiger partial charge in [-0.15, -0.1) is 0 Å². The maximum Gasteiger partial charge on any atom is 0.269 e. The Labute approximate surface area is 138 Å². The van der Waals surface area contributed by atoms with Crippen LogP contribution in [0.1, 0.15) is 18.5 Å². The Bertz CT molecular complexity index is 751. The summed E-state index contributed by atoms with van der Waals surface area (Å²) >= 11 is 0. The molecule has 0 N–H and O–H groups in total. The molecule has 0 saturated carbocycles. The zero-order chi connectivity index (χ0) is 17.7. The van der Waals surface area contributed by atoms with Crippen molar-refractivity contribution in [2.75, 3.05) is 13.7 Å². The molecule has 2 rings (SSSR count). The van der Waals surface area contributed by atoms with E-state index in [1.54, 1.807) is 32.2 Å². The van der Waals surface area contributed by atoms with Crippen LogP contribution in [0.15, 0.2) is 48.5 Å². The van der Waals surface area contributed by atoms with Gasteiger partial charge in [-0.05, 0) is 24.6 Å². The number of para-hydroxylation sites is 1. The third-order valence-corrected chi connectivity index (χ3v) is 3.73. The van der Waals surface area contributed by atoms with E-state index < -0.39 is 10.7 Å². The number of benzene rings is 2. The van der Waals surface area contributed by atoms with Crippen LogP contribution in [0.4, 0.5) is 10.1 Å². The Morgan fingerprint density at radius 1 is 1.29 bits per heavy atom. The number of ether oxygens (including phenoxy) is 1. The molecule has 0 aliphatic carbocycles. The van der Waals surface area contributed by atoms with Gasteiger partial charge in [0.2, 0.25) is 0 Å². The van der Waals surface area contributed by atoms with Crippen LogP contribution >= 0.6 is 0 Å². The Morgan fingerprint density at radius 3 is 2.67 bits per heavy atom. The summed E-state index contributed by atoms with van der Waals surface area (Å²) in [5.41, 5.74) is 0.591. The van der Waals surface area contributed by atoms with Gasteiger partial charge in [0.15, 0.2) is 18.2 Å². The van der Waals surface area contributed by atoms with E-state index in [0.29, 0.717) is 5.56 Å². The molecular formula is C17H17FN2O4. The minimum Gasteiger partial charge on any atom is -0.481 e. The molecule has 2 aromatic carbocycles. The highest BCUT2D eigenvalue weighted by Crippen LogP contribution is 2.23. The smallest absolute Gasteiger partial charge is 0.269 e. The highest BCUT2D eigenvalue weighted by atomic mass is 19.1. The zero-order valence-electron chi connectivity index (χ0n) is 13.3. The van der Waals surface area contributed by atoms with Crippen LogP contribution in [-0.2, 0) is 4.79 Å². The molecular weight excluding hydrogens is 315 g/mol. The van der Waals surface area contributed by atoms with Gasteiger partial charge in [-0.3, -0.25) is 14.9 Å². The molecule has 0 radical (unpaired) electrons. The Kier molecular flexibility index (Phi) is 5.47. The molecule has 7 heteroatoms. The van der Waals surface area contributed by atoms with Crippen molar-refractivity contribution >= 4 is 11.6 Å². The average Bonchev–Trinajstić information content (AvgIpc) is 2.59. The highest BCUT2D eigenvalue weighted by molar-refractivity contribution is 5.78. The summed E-state index contributed by atoms with van der Waals surface area (Å²) in [6.07, 6.45) is 0. The number of nitrogens with zero attached hydrogens (tertiary/aromatic N) is 2. The molecule has 1 atom stereocenters.